The van der Waals surface area contributed by atoms with Crippen molar-refractivity contribution in [2.75, 3.05) is 0 Å². The van der Waals surface area contributed by atoms with E-state index in [4.69, 9.17) is 27.9 Å². The normalized spacial score (nSPS) is 35.5. The summed E-state index contributed by atoms with van der Waals surface area (Å²) in [6.45, 7) is 19.5. The Morgan fingerprint density at radius 1 is 0.909 bits per heavy atom. The van der Waals surface area contributed by atoms with Gasteiger partial charge in [-0.05, 0) is 141 Å². The molecule has 8 nitrogen and oxygen atoms in total. The maximum Gasteiger partial charge on any atom is 0.309 e. The molecule has 1 aromatic heterocycles. The number of hydrogen-bond donors (Lipinski definition) is 1. The average molecular weight is 796 g/mol. The second-order valence-electron chi connectivity index (χ2n) is 20.3. The minimum Gasteiger partial charge on any atom is -0.481 e. The highest BCUT2D eigenvalue weighted by Crippen LogP contribution is 2.77. The van der Waals surface area contributed by atoms with Crippen LogP contribution in [0.3, 0.4) is 0 Å². The first-order valence-electron chi connectivity index (χ1n) is 20.4. The number of nitrogens with zero attached hydrogens (tertiary/aromatic N) is 2. The van der Waals surface area contributed by atoms with Gasteiger partial charge in [0.05, 0.1) is 23.2 Å². The zero-order valence-corrected chi connectivity index (χ0v) is 35.9. The van der Waals surface area contributed by atoms with E-state index in [1.54, 1.807) is 30.7 Å². The van der Waals surface area contributed by atoms with Gasteiger partial charge in [-0.2, -0.15) is 0 Å². The molecule has 300 valence electrons. The highest BCUT2D eigenvalue weighted by atomic mass is 35.5. The number of carbonyl (C=O) groups excluding carboxylic acids is 2. The van der Waals surface area contributed by atoms with Crippen LogP contribution in [-0.4, -0.2) is 38.3 Å². The van der Waals surface area contributed by atoms with Crippen LogP contribution in [0.15, 0.2) is 40.2 Å². The van der Waals surface area contributed by atoms with Gasteiger partial charge in [0.25, 0.3) is 5.56 Å². The number of Topliss-reactive ketones (excluding diaryl/α,β-unsaturated/α-hetero) is 1. The first-order chi connectivity index (χ1) is 25.5. The van der Waals surface area contributed by atoms with E-state index >= 15 is 0 Å². The van der Waals surface area contributed by atoms with Gasteiger partial charge in [-0.1, -0.05) is 71.7 Å². The third kappa shape index (κ3) is 5.63. The number of aliphatic carboxylic acids is 1. The van der Waals surface area contributed by atoms with Gasteiger partial charge in [-0.25, -0.2) is 4.68 Å². The van der Waals surface area contributed by atoms with Crippen LogP contribution in [0.25, 0.3) is 5.69 Å². The lowest BCUT2D eigenvalue weighted by Crippen LogP contribution is -2.66. The minimum atomic E-state index is -1.18. The quantitative estimate of drug-likeness (QED) is 0.280. The molecular formula is C45H60Cl2N2O6. The van der Waals surface area contributed by atoms with Crippen LogP contribution in [0.4, 0.5) is 0 Å². The van der Waals surface area contributed by atoms with Gasteiger partial charge in [0.2, 0.25) is 0 Å². The van der Waals surface area contributed by atoms with Crippen molar-refractivity contribution < 1.29 is 24.2 Å². The zero-order valence-electron chi connectivity index (χ0n) is 34.4. The topological polar surface area (TPSA) is 108 Å². The van der Waals surface area contributed by atoms with Crippen LogP contribution in [0, 0.1) is 50.7 Å². The number of esters is 1. The Labute approximate surface area is 336 Å². The van der Waals surface area contributed by atoms with Gasteiger partial charge >= 0.3 is 11.9 Å². The molecule has 1 heterocycles. The molecule has 1 N–H and O–H groups in total. The van der Waals surface area contributed by atoms with Gasteiger partial charge in [0.15, 0.2) is 5.78 Å². The van der Waals surface area contributed by atoms with Gasteiger partial charge in [0.1, 0.15) is 11.1 Å². The Bertz CT molecular complexity index is 2040. The molecule has 0 saturated heterocycles. The summed E-state index contributed by atoms with van der Waals surface area (Å²) < 4.78 is 9.70. The third-order valence-corrected chi connectivity index (χ3v) is 17.1. The largest absolute Gasteiger partial charge is 0.481 e. The highest BCUT2D eigenvalue weighted by Gasteiger charge is 2.71. The SMILES string of the molecule is CC(C)C1=C2[C@H]3CC[C@@H]4[C@@]5(C)CC[C@H](OC(=O)CC(C)(C)C(=O)O)C(C)(C)[C@@H]5CC[C@@]4(C)[C@]3(C)CC[C@@]2(c2c(Cl)c(=O)n(-c3ccc(Cl)cc3)n2C)CC1=O. The fourth-order valence-corrected chi connectivity index (χ4v) is 14.2. The molecule has 0 unspecified atom stereocenters. The molecule has 0 radical (unpaired) electrons. The fourth-order valence-electron chi connectivity index (χ4n) is 13.7. The van der Waals surface area contributed by atoms with Crippen LogP contribution >= 0.6 is 23.2 Å². The second kappa shape index (κ2) is 13.1. The van der Waals surface area contributed by atoms with E-state index < -0.39 is 22.8 Å². The molecule has 4 fully saturated rings. The number of rotatable bonds is 7. The number of benzene rings is 1. The minimum absolute atomic E-state index is 0.00985. The molecule has 0 aliphatic heterocycles. The summed E-state index contributed by atoms with van der Waals surface area (Å²) in [6, 6.07) is 7.20. The smallest absolute Gasteiger partial charge is 0.309 e. The number of ketones is 1. The van der Waals surface area contributed by atoms with Crippen molar-refractivity contribution in [1.82, 2.24) is 9.36 Å². The summed E-state index contributed by atoms with van der Waals surface area (Å²) in [6.07, 6.45) is 7.33. The van der Waals surface area contributed by atoms with Crippen LogP contribution in [0.2, 0.25) is 10.0 Å². The molecular weight excluding hydrogens is 735 g/mol. The molecule has 5 aliphatic carbocycles. The van der Waals surface area contributed by atoms with Crippen molar-refractivity contribution in [2.24, 2.45) is 57.8 Å². The Balaban J connectivity index is 1.26. The molecule has 55 heavy (non-hydrogen) atoms. The monoisotopic (exact) mass is 794 g/mol. The van der Waals surface area contributed by atoms with Crippen molar-refractivity contribution in [3.63, 3.8) is 0 Å². The standard InChI is InChI=1S/C45H60Cl2N2O6/c1-25(2)34-29(50)23-45(37-36(47)38(52)49(48(37)10)27-13-11-26(46)12-14-27)22-21-43(8)28(35(34)45)15-16-31-42(7)19-18-32(55-33(51)24-40(3,4)39(53)54)41(5,6)30(42)17-20-44(31,43)9/h11-14,25,28,30-32H,15-24H2,1-10H3,(H,53,54)/t28-,30+,31-,32+,42+,43-,44-,45-/m1/s1. The second-order valence-corrected chi connectivity index (χ2v) is 21.1. The molecule has 0 amide bonds. The summed E-state index contributed by atoms with van der Waals surface area (Å²) in [5, 5.41) is 10.4. The van der Waals surface area contributed by atoms with Crippen molar-refractivity contribution >= 4 is 40.9 Å². The lowest BCUT2D eigenvalue weighted by atomic mass is 9.33. The molecule has 0 bridgehead atoms. The average Bonchev–Trinajstić information content (AvgIpc) is 3.51. The Hall–Kier alpha value is -2.84. The maximum absolute atomic E-state index is 14.4. The molecule has 0 spiro atoms. The van der Waals surface area contributed by atoms with Crippen molar-refractivity contribution in [1.29, 1.82) is 0 Å². The molecule has 4 saturated carbocycles. The van der Waals surface area contributed by atoms with E-state index in [0.29, 0.717) is 29.0 Å². The van der Waals surface area contributed by atoms with Crippen LogP contribution < -0.4 is 5.56 Å². The lowest BCUT2D eigenvalue weighted by Gasteiger charge is -2.72. The molecule has 7 rings (SSSR count). The molecule has 2 aromatic rings. The lowest BCUT2D eigenvalue weighted by molar-refractivity contribution is -0.232. The van der Waals surface area contributed by atoms with E-state index in [2.05, 4.69) is 48.5 Å². The number of carboxylic acids is 1. The van der Waals surface area contributed by atoms with Crippen molar-refractivity contribution in [3.05, 3.63) is 61.5 Å². The number of halogens is 2. The van der Waals surface area contributed by atoms with Gasteiger partial charge in [-0.3, -0.25) is 23.9 Å². The fraction of sp³-hybridized carbons (Fsp3) is 0.689. The van der Waals surface area contributed by atoms with Crippen molar-refractivity contribution in [3.8, 4) is 5.69 Å². The van der Waals surface area contributed by atoms with Crippen molar-refractivity contribution in [2.45, 2.75) is 138 Å². The van der Waals surface area contributed by atoms with Crippen LogP contribution in [0.5, 0.6) is 0 Å². The number of aromatic nitrogens is 2. The first kappa shape index (κ1) is 40.4. The Morgan fingerprint density at radius 2 is 1.56 bits per heavy atom. The Kier molecular flexibility index (Phi) is 9.61. The molecule has 10 heteroatoms. The maximum atomic E-state index is 14.4. The number of allylic oxidation sites excluding steroid dienone is 2. The molecule has 1 aromatic carbocycles. The molecule has 5 aliphatic rings. The van der Waals surface area contributed by atoms with E-state index in [-0.39, 0.29) is 62.4 Å². The van der Waals surface area contributed by atoms with E-state index in [9.17, 15) is 24.3 Å². The van der Waals surface area contributed by atoms with E-state index in [0.717, 1.165) is 62.6 Å². The number of hydrogen-bond acceptors (Lipinski definition) is 5. The number of carboxylic acid groups (broad SMARTS) is 1. The number of carbonyl (C=O) groups is 3. The number of ether oxygens (including phenoxy) is 1. The van der Waals surface area contributed by atoms with Crippen LogP contribution in [-0.2, 0) is 31.6 Å². The van der Waals surface area contributed by atoms with Gasteiger partial charge in [0, 0.05) is 29.3 Å². The number of fused-ring (bicyclic) bond motifs is 7. The Morgan fingerprint density at radius 3 is 2.18 bits per heavy atom. The zero-order chi connectivity index (χ0) is 40.4. The van der Waals surface area contributed by atoms with Crippen LogP contribution in [0.1, 0.15) is 132 Å². The summed E-state index contributed by atoms with van der Waals surface area (Å²) in [5.74, 6) is -0.277. The first-order valence-corrected chi connectivity index (χ1v) is 21.2. The predicted octanol–water partition coefficient (Wildman–Crippen LogP) is 10.1. The summed E-state index contributed by atoms with van der Waals surface area (Å²) in [4.78, 5) is 53.3. The summed E-state index contributed by atoms with van der Waals surface area (Å²) in [7, 11) is 1.90. The highest BCUT2D eigenvalue weighted by molar-refractivity contribution is 6.31. The van der Waals surface area contributed by atoms with Gasteiger partial charge < -0.3 is 9.84 Å². The molecule has 8 atom stereocenters. The predicted molar refractivity (Wildman–Crippen MR) is 216 cm³/mol. The van der Waals surface area contributed by atoms with E-state index in [1.165, 1.54) is 5.57 Å². The summed E-state index contributed by atoms with van der Waals surface area (Å²) in [5.41, 5.74) is 1.12. The third-order valence-electron chi connectivity index (χ3n) is 16.5. The van der Waals surface area contributed by atoms with Gasteiger partial charge in [-0.15, -0.1) is 0 Å². The summed E-state index contributed by atoms with van der Waals surface area (Å²) >= 11 is 13.4. The van der Waals surface area contributed by atoms with E-state index in [1.807, 2.05) is 23.9 Å².